The number of carbonyl (C=O) groups is 1. The number of piperazine rings is 1. The van der Waals surface area contributed by atoms with Crippen LogP contribution in [-0.4, -0.2) is 68.1 Å². The van der Waals surface area contributed by atoms with Crippen LogP contribution >= 0.6 is 11.6 Å². The fourth-order valence-electron chi connectivity index (χ4n) is 5.69. The molecule has 0 N–H and O–H groups in total. The average Bonchev–Trinajstić information content (AvgIpc) is 3.45. The molecule has 1 saturated carbocycles. The van der Waals surface area contributed by atoms with Crippen molar-refractivity contribution in [2.24, 2.45) is 11.8 Å². The van der Waals surface area contributed by atoms with Gasteiger partial charge in [-0.2, -0.15) is 0 Å². The first kappa shape index (κ1) is 22.5. The quantitative estimate of drug-likeness (QED) is 0.548. The minimum absolute atomic E-state index is 0.0943. The highest BCUT2D eigenvalue weighted by molar-refractivity contribution is 6.30. The molecule has 5 nitrogen and oxygen atoms in total. The lowest BCUT2D eigenvalue weighted by Crippen LogP contribution is -2.48. The van der Waals surface area contributed by atoms with Gasteiger partial charge in [0.2, 0.25) is 0 Å². The molecule has 2 aliphatic heterocycles. The molecule has 2 atom stereocenters. The van der Waals surface area contributed by atoms with E-state index in [1.165, 1.54) is 32.4 Å². The number of anilines is 1. The minimum atomic E-state index is 0.0943. The molecule has 33 heavy (non-hydrogen) atoms. The third kappa shape index (κ3) is 5.47. The largest absolute Gasteiger partial charge is 0.494 e. The van der Waals surface area contributed by atoms with E-state index in [2.05, 4.69) is 9.80 Å². The Kier molecular flexibility index (Phi) is 7.07. The lowest BCUT2D eigenvalue weighted by Gasteiger charge is -2.36. The Labute approximate surface area is 202 Å². The molecule has 2 aromatic rings. The molecule has 2 aromatic carbocycles. The summed E-state index contributed by atoms with van der Waals surface area (Å²) in [6.45, 7) is 7.53. The van der Waals surface area contributed by atoms with Crippen LogP contribution in [0, 0.1) is 11.8 Å². The van der Waals surface area contributed by atoms with E-state index in [9.17, 15) is 4.79 Å². The Morgan fingerprint density at radius 2 is 1.58 bits per heavy atom. The van der Waals surface area contributed by atoms with Gasteiger partial charge in [0.15, 0.2) is 0 Å². The maximum absolute atomic E-state index is 12.9. The van der Waals surface area contributed by atoms with Gasteiger partial charge in [0, 0.05) is 62.1 Å². The summed E-state index contributed by atoms with van der Waals surface area (Å²) in [6, 6.07) is 15.5. The zero-order chi connectivity index (χ0) is 22.6. The second-order valence-corrected chi connectivity index (χ2v) is 10.1. The highest BCUT2D eigenvalue weighted by Crippen LogP contribution is 2.37. The Hall–Kier alpha value is -2.24. The maximum Gasteiger partial charge on any atom is 0.253 e. The van der Waals surface area contributed by atoms with E-state index >= 15 is 0 Å². The summed E-state index contributed by atoms with van der Waals surface area (Å²) >= 11 is 5.99. The van der Waals surface area contributed by atoms with Crippen molar-refractivity contribution in [3.05, 3.63) is 59.1 Å². The normalized spacial score (nSPS) is 23.1. The number of benzene rings is 2. The maximum atomic E-state index is 12.9. The van der Waals surface area contributed by atoms with Gasteiger partial charge in [-0.1, -0.05) is 18.0 Å². The number of hydrogen-bond acceptors (Lipinski definition) is 4. The third-order valence-electron chi connectivity index (χ3n) is 7.55. The Bertz CT molecular complexity index is 913. The molecule has 3 aliphatic rings. The molecule has 0 radical (unpaired) electrons. The molecule has 1 amide bonds. The first-order chi connectivity index (χ1) is 16.2. The Morgan fingerprint density at radius 1 is 0.909 bits per heavy atom. The van der Waals surface area contributed by atoms with Crippen LogP contribution in [-0.2, 0) is 0 Å². The van der Waals surface area contributed by atoms with E-state index in [4.69, 9.17) is 16.3 Å². The van der Waals surface area contributed by atoms with Crippen LogP contribution < -0.4 is 9.64 Å². The van der Waals surface area contributed by atoms with Crippen molar-refractivity contribution in [3.63, 3.8) is 0 Å². The molecule has 2 saturated heterocycles. The van der Waals surface area contributed by atoms with Gasteiger partial charge in [0.05, 0.1) is 6.61 Å². The van der Waals surface area contributed by atoms with E-state index < -0.39 is 0 Å². The lowest BCUT2D eigenvalue weighted by atomic mass is 10.0. The summed E-state index contributed by atoms with van der Waals surface area (Å²) in [7, 11) is 0. The highest BCUT2D eigenvalue weighted by atomic mass is 35.5. The molecular formula is C27H34ClN3O2. The Morgan fingerprint density at radius 3 is 2.24 bits per heavy atom. The molecule has 6 heteroatoms. The van der Waals surface area contributed by atoms with Crippen molar-refractivity contribution in [1.29, 1.82) is 0 Å². The number of hydrogen-bond donors (Lipinski definition) is 0. The van der Waals surface area contributed by atoms with Crippen molar-refractivity contribution in [2.75, 3.05) is 57.3 Å². The van der Waals surface area contributed by atoms with Crippen molar-refractivity contribution in [2.45, 2.75) is 25.7 Å². The van der Waals surface area contributed by atoms with Gasteiger partial charge >= 0.3 is 0 Å². The van der Waals surface area contributed by atoms with Gasteiger partial charge < -0.3 is 19.4 Å². The second-order valence-electron chi connectivity index (χ2n) is 9.69. The first-order valence-electron chi connectivity index (χ1n) is 12.4. The summed E-state index contributed by atoms with van der Waals surface area (Å²) in [5.74, 6) is 2.85. The predicted molar refractivity (Wildman–Crippen MR) is 133 cm³/mol. The van der Waals surface area contributed by atoms with Gasteiger partial charge in [-0.25, -0.2) is 0 Å². The fourth-order valence-corrected chi connectivity index (χ4v) is 5.81. The zero-order valence-electron chi connectivity index (χ0n) is 19.3. The number of amides is 1. The molecule has 176 valence electrons. The second kappa shape index (κ2) is 10.4. The summed E-state index contributed by atoms with van der Waals surface area (Å²) < 4.78 is 5.94. The van der Waals surface area contributed by atoms with E-state index in [-0.39, 0.29) is 5.91 Å². The van der Waals surface area contributed by atoms with Crippen molar-refractivity contribution in [1.82, 2.24) is 9.80 Å². The number of rotatable bonds is 7. The summed E-state index contributed by atoms with van der Waals surface area (Å²) in [6.07, 6.45) is 5.35. The third-order valence-corrected chi connectivity index (χ3v) is 7.80. The van der Waals surface area contributed by atoms with Crippen LogP contribution in [0.1, 0.15) is 36.0 Å². The van der Waals surface area contributed by atoms with Gasteiger partial charge in [0.25, 0.3) is 5.91 Å². The molecule has 3 fully saturated rings. The van der Waals surface area contributed by atoms with E-state index in [1.807, 2.05) is 53.4 Å². The van der Waals surface area contributed by atoms with Gasteiger partial charge in [-0.05, 0) is 79.6 Å². The smallest absolute Gasteiger partial charge is 0.253 e. The molecule has 5 rings (SSSR count). The van der Waals surface area contributed by atoms with Gasteiger partial charge in [-0.15, -0.1) is 0 Å². The van der Waals surface area contributed by atoms with Gasteiger partial charge in [0.1, 0.15) is 5.75 Å². The number of nitrogens with zero attached hydrogens (tertiary/aromatic N) is 3. The molecule has 2 unspecified atom stereocenters. The minimum Gasteiger partial charge on any atom is -0.494 e. The van der Waals surface area contributed by atoms with Crippen molar-refractivity contribution < 1.29 is 9.53 Å². The Balaban J connectivity index is 1.04. The first-order valence-corrected chi connectivity index (χ1v) is 12.8. The number of likely N-dealkylation sites (tertiary alicyclic amines) is 1. The molecule has 0 spiro atoms. The summed E-state index contributed by atoms with van der Waals surface area (Å²) in [5.41, 5.74) is 1.88. The topological polar surface area (TPSA) is 36.0 Å². The van der Waals surface area contributed by atoms with E-state index in [1.54, 1.807) is 0 Å². The number of fused-ring (bicyclic) bond motifs is 1. The predicted octanol–water partition coefficient (Wildman–Crippen LogP) is 4.80. The highest BCUT2D eigenvalue weighted by Gasteiger charge is 2.35. The molecule has 2 heterocycles. The van der Waals surface area contributed by atoms with Crippen LogP contribution in [0.4, 0.5) is 5.69 Å². The van der Waals surface area contributed by atoms with Crippen LogP contribution in [0.2, 0.25) is 5.02 Å². The van der Waals surface area contributed by atoms with Crippen molar-refractivity contribution in [3.8, 4) is 5.75 Å². The summed E-state index contributed by atoms with van der Waals surface area (Å²) in [4.78, 5) is 19.8. The molecule has 1 aliphatic carbocycles. The number of ether oxygens (including phenoxy) is 1. The van der Waals surface area contributed by atoms with Crippen LogP contribution in [0.15, 0.2) is 48.5 Å². The standard InChI is InChI=1S/C27H34ClN3O2/c28-24-7-9-25(10-8-24)30-14-16-31(17-15-30)27(32)21-5-11-26(12-6-21)33-18-2-13-29-19-22-3-1-4-23(22)20-29/h5-12,22-23H,1-4,13-20H2. The van der Waals surface area contributed by atoms with Gasteiger partial charge in [-0.3, -0.25) is 4.79 Å². The van der Waals surface area contributed by atoms with Crippen LogP contribution in [0.5, 0.6) is 5.75 Å². The molecule has 0 aromatic heterocycles. The SMILES string of the molecule is O=C(c1ccc(OCCCN2CC3CCCC3C2)cc1)N1CCN(c2ccc(Cl)cc2)CC1. The average molecular weight is 468 g/mol. The molecular weight excluding hydrogens is 434 g/mol. The van der Waals surface area contributed by atoms with Crippen LogP contribution in [0.25, 0.3) is 0 Å². The molecule has 0 bridgehead atoms. The monoisotopic (exact) mass is 467 g/mol. The van der Waals surface area contributed by atoms with E-state index in [0.29, 0.717) is 0 Å². The zero-order valence-corrected chi connectivity index (χ0v) is 20.1. The number of carbonyl (C=O) groups excluding carboxylic acids is 1. The van der Waals surface area contributed by atoms with E-state index in [0.717, 1.165) is 79.6 Å². The summed E-state index contributed by atoms with van der Waals surface area (Å²) in [5, 5.41) is 0.744. The number of halogens is 1. The lowest BCUT2D eigenvalue weighted by molar-refractivity contribution is 0.0746. The van der Waals surface area contributed by atoms with Crippen molar-refractivity contribution >= 4 is 23.2 Å². The fraction of sp³-hybridized carbons (Fsp3) is 0.519. The van der Waals surface area contributed by atoms with Crippen LogP contribution in [0.3, 0.4) is 0 Å².